The van der Waals surface area contributed by atoms with Crippen LogP contribution in [-0.4, -0.2) is 29.2 Å². The first-order chi connectivity index (χ1) is 8.98. The molecule has 2 radical (unpaired) electrons. The molecule has 0 spiro atoms. The zero-order valence-electron chi connectivity index (χ0n) is 12.1. The molecule has 0 N–H and O–H groups in total. The second-order valence-electron chi connectivity index (χ2n) is 5.75. The first-order valence-corrected chi connectivity index (χ1v) is 11.0. The van der Waals surface area contributed by atoms with Gasteiger partial charge in [0, 0.05) is 0 Å². The fourth-order valence-electron chi connectivity index (χ4n) is 1.80. The molecule has 0 fully saturated rings. The summed E-state index contributed by atoms with van der Waals surface area (Å²) < 4.78 is 2.55. The lowest BCUT2D eigenvalue weighted by Gasteiger charge is -2.30. The highest BCUT2D eigenvalue weighted by Crippen LogP contribution is 2.17. The van der Waals surface area contributed by atoms with Crippen molar-refractivity contribution in [2.45, 2.75) is 19.6 Å². The van der Waals surface area contributed by atoms with Gasteiger partial charge in [0.25, 0.3) is 0 Å². The van der Waals surface area contributed by atoms with E-state index in [1.807, 2.05) is 0 Å². The van der Waals surface area contributed by atoms with E-state index in [2.05, 4.69) is 85.5 Å². The van der Waals surface area contributed by atoms with E-state index in [1.165, 1.54) is 16.3 Å². The van der Waals surface area contributed by atoms with Gasteiger partial charge in [0.2, 0.25) is 0 Å². The molecule has 0 unspecified atom stereocenters. The molecule has 19 heavy (non-hydrogen) atoms. The lowest BCUT2D eigenvalue weighted by molar-refractivity contribution is 0.809. The summed E-state index contributed by atoms with van der Waals surface area (Å²) in [5, 5.41) is 1.44. The third-order valence-corrected chi connectivity index (χ3v) is 8.68. The standard InChI is InChI=1S/C16H21NSi2/c1-17(19(2,3)4)18-16-13-9-8-12-15(16)14-10-6-5-7-11-14/h5-13H,1-4H3. The molecule has 0 saturated heterocycles. The normalized spacial score (nSPS) is 11.8. The highest BCUT2D eigenvalue weighted by Gasteiger charge is 2.21. The molecule has 0 saturated carbocycles. The monoisotopic (exact) mass is 283 g/mol. The van der Waals surface area contributed by atoms with Crippen molar-refractivity contribution in [1.29, 1.82) is 0 Å². The van der Waals surface area contributed by atoms with Crippen molar-refractivity contribution in [3.05, 3.63) is 54.6 Å². The van der Waals surface area contributed by atoms with Crippen LogP contribution in [0.3, 0.4) is 0 Å². The Bertz CT molecular complexity index is 532. The van der Waals surface area contributed by atoms with Gasteiger partial charge in [0.05, 0.1) is 0 Å². The van der Waals surface area contributed by atoms with Crippen LogP contribution in [0.25, 0.3) is 11.1 Å². The summed E-state index contributed by atoms with van der Waals surface area (Å²) in [5.41, 5.74) is 2.68. The third-order valence-electron chi connectivity index (χ3n) is 3.31. The summed E-state index contributed by atoms with van der Waals surface area (Å²) in [7, 11) is 1.78. The molecule has 0 aromatic heterocycles. The van der Waals surface area contributed by atoms with Crippen molar-refractivity contribution in [2.24, 2.45) is 0 Å². The highest BCUT2D eigenvalue weighted by molar-refractivity contribution is 6.81. The largest absolute Gasteiger partial charge is 0.346 e. The van der Waals surface area contributed by atoms with E-state index in [4.69, 9.17) is 0 Å². The predicted molar refractivity (Wildman–Crippen MR) is 88.4 cm³/mol. The topological polar surface area (TPSA) is 3.24 Å². The molecule has 2 aromatic rings. The molecule has 0 aliphatic heterocycles. The van der Waals surface area contributed by atoms with Gasteiger partial charge in [-0.15, -0.1) is 0 Å². The van der Waals surface area contributed by atoms with Crippen molar-refractivity contribution in [1.82, 2.24) is 4.23 Å². The Morgan fingerprint density at radius 1 is 0.842 bits per heavy atom. The van der Waals surface area contributed by atoms with E-state index in [-0.39, 0.29) is 0 Å². The second-order valence-corrected chi connectivity index (χ2v) is 12.6. The number of benzene rings is 2. The summed E-state index contributed by atoms with van der Waals surface area (Å²) >= 11 is 0. The predicted octanol–water partition coefficient (Wildman–Crippen LogP) is 3.36. The van der Waals surface area contributed by atoms with Gasteiger partial charge in [0.1, 0.15) is 8.24 Å². The van der Waals surface area contributed by atoms with Crippen LogP contribution < -0.4 is 5.19 Å². The van der Waals surface area contributed by atoms with E-state index in [0.29, 0.717) is 0 Å². The average Bonchev–Trinajstić information content (AvgIpc) is 2.39. The number of hydrogen-bond donors (Lipinski definition) is 0. The zero-order valence-corrected chi connectivity index (χ0v) is 14.1. The van der Waals surface area contributed by atoms with Crippen molar-refractivity contribution in [3.8, 4) is 11.1 Å². The van der Waals surface area contributed by atoms with E-state index in [9.17, 15) is 0 Å². The van der Waals surface area contributed by atoms with Crippen LogP contribution in [0.5, 0.6) is 0 Å². The Labute approximate surface area is 120 Å². The summed E-state index contributed by atoms with van der Waals surface area (Å²) in [6, 6.07) is 19.4. The molecule has 3 heteroatoms. The van der Waals surface area contributed by atoms with Crippen LogP contribution in [-0.2, 0) is 0 Å². The number of rotatable bonds is 4. The Morgan fingerprint density at radius 2 is 1.42 bits per heavy atom. The minimum Gasteiger partial charge on any atom is -0.346 e. The van der Waals surface area contributed by atoms with Crippen LogP contribution in [0, 0.1) is 0 Å². The smallest absolute Gasteiger partial charge is 0.175 e. The molecule has 98 valence electrons. The first kappa shape index (κ1) is 14.2. The summed E-state index contributed by atoms with van der Waals surface area (Å²) in [5.74, 6) is 0. The minimum absolute atomic E-state index is 0.749. The fourth-order valence-corrected chi connectivity index (χ4v) is 4.38. The van der Waals surface area contributed by atoms with Crippen LogP contribution in [0.4, 0.5) is 0 Å². The van der Waals surface area contributed by atoms with Crippen LogP contribution in [0.1, 0.15) is 0 Å². The van der Waals surface area contributed by atoms with Gasteiger partial charge in [-0.2, -0.15) is 0 Å². The average molecular weight is 284 g/mol. The minimum atomic E-state index is -1.22. The summed E-state index contributed by atoms with van der Waals surface area (Å²) in [6.45, 7) is 7.18. The highest BCUT2D eigenvalue weighted by atomic mass is 28.4. The molecule has 2 rings (SSSR count). The molecule has 0 aliphatic rings. The van der Waals surface area contributed by atoms with Crippen molar-refractivity contribution in [3.63, 3.8) is 0 Å². The summed E-state index contributed by atoms with van der Waals surface area (Å²) in [4.78, 5) is 0. The van der Waals surface area contributed by atoms with E-state index >= 15 is 0 Å². The Hall–Kier alpha value is -1.17. The van der Waals surface area contributed by atoms with E-state index in [1.54, 1.807) is 0 Å². The summed E-state index contributed by atoms with van der Waals surface area (Å²) in [6.07, 6.45) is 0. The van der Waals surface area contributed by atoms with Crippen molar-refractivity contribution in [2.75, 3.05) is 7.05 Å². The maximum atomic E-state index is 2.55. The zero-order chi connectivity index (χ0) is 13.9. The van der Waals surface area contributed by atoms with Gasteiger partial charge in [-0.25, -0.2) is 0 Å². The van der Waals surface area contributed by atoms with Gasteiger partial charge in [-0.05, 0) is 23.4 Å². The first-order valence-electron chi connectivity index (χ1n) is 6.63. The fraction of sp³-hybridized carbons (Fsp3) is 0.250. The molecule has 0 amide bonds. The molecular weight excluding hydrogens is 262 g/mol. The quantitative estimate of drug-likeness (QED) is 0.778. The Balaban J connectivity index is 2.32. The number of nitrogens with zero attached hydrogens (tertiary/aromatic N) is 1. The number of hydrogen-bond acceptors (Lipinski definition) is 1. The van der Waals surface area contributed by atoms with Gasteiger partial charge < -0.3 is 4.23 Å². The Morgan fingerprint density at radius 3 is 2.05 bits per heavy atom. The molecule has 0 atom stereocenters. The lowest BCUT2D eigenvalue weighted by atomic mass is 10.1. The molecule has 0 bridgehead atoms. The molecule has 0 heterocycles. The van der Waals surface area contributed by atoms with Gasteiger partial charge in [0.15, 0.2) is 9.68 Å². The van der Waals surface area contributed by atoms with E-state index < -0.39 is 8.24 Å². The van der Waals surface area contributed by atoms with Crippen molar-refractivity contribution >= 4 is 23.1 Å². The Kier molecular flexibility index (Phi) is 4.40. The van der Waals surface area contributed by atoms with Crippen LogP contribution in [0.15, 0.2) is 54.6 Å². The van der Waals surface area contributed by atoms with Gasteiger partial charge >= 0.3 is 0 Å². The molecular formula is C16H21NSi2. The van der Waals surface area contributed by atoms with Gasteiger partial charge in [-0.3, -0.25) is 0 Å². The molecule has 2 aromatic carbocycles. The SMILES string of the molecule is CN([Si]c1ccccc1-c1ccccc1)[Si](C)(C)C. The lowest BCUT2D eigenvalue weighted by Crippen LogP contribution is -2.49. The van der Waals surface area contributed by atoms with E-state index in [0.717, 1.165) is 9.68 Å². The van der Waals surface area contributed by atoms with Gasteiger partial charge in [-0.1, -0.05) is 74.2 Å². The third kappa shape index (κ3) is 3.66. The van der Waals surface area contributed by atoms with Crippen LogP contribution >= 0.6 is 0 Å². The second kappa shape index (κ2) is 5.86. The maximum absolute atomic E-state index is 2.55. The maximum Gasteiger partial charge on any atom is 0.175 e. The molecule has 0 aliphatic carbocycles. The van der Waals surface area contributed by atoms with Crippen LogP contribution in [0.2, 0.25) is 19.6 Å². The van der Waals surface area contributed by atoms with Crippen molar-refractivity contribution < 1.29 is 0 Å². The molecule has 1 nitrogen and oxygen atoms in total.